The Morgan fingerprint density at radius 1 is 1.37 bits per heavy atom. The molecule has 6 heteroatoms. The summed E-state index contributed by atoms with van der Waals surface area (Å²) in [6.07, 6.45) is 0.697. The molecule has 0 saturated heterocycles. The number of aromatic nitrogens is 2. The third kappa shape index (κ3) is 2.52. The Morgan fingerprint density at radius 2 is 2.05 bits per heavy atom. The summed E-state index contributed by atoms with van der Waals surface area (Å²) in [5, 5.41) is 0.259. The molecule has 0 aliphatic rings. The van der Waals surface area contributed by atoms with Gasteiger partial charge in [-0.2, -0.15) is 0 Å². The van der Waals surface area contributed by atoms with Gasteiger partial charge in [-0.15, -0.1) is 0 Å². The lowest BCUT2D eigenvalue weighted by Crippen LogP contribution is -2.07. The van der Waals surface area contributed by atoms with Crippen molar-refractivity contribution in [3.8, 4) is 0 Å². The highest BCUT2D eigenvalue weighted by Crippen LogP contribution is 2.22. The average Bonchev–Trinajstić information content (AvgIpc) is 2.44. The van der Waals surface area contributed by atoms with Crippen molar-refractivity contribution < 1.29 is 9.53 Å². The second-order valence-corrected chi connectivity index (χ2v) is 4.37. The number of esters is 1. The molecule has 1 aromatic carbocycles. The second-order valence-electron chi connectivity index (χ2n) is 4.01. The summed E-state index contributed by atoms with van der Waals surface area (Å²) < 4.78 is 4.76. The lowest BCUT2D eigenvalue weighted by atomic mass is 10.0. The van der Waals surface area contributed by atoms with E-state index < -0.39 is 0 Å². The van der Waals surface area contributed by atoms with Gasteiger partial charge in [-0.05, 0) is 24.1 Å². The first-order valence-electron chi connectivity index (χ1n) is 5.88. The number of hydrogen-bond donors (Lipinski definition) is 1. The third-order valence-corrected chi connectivity index (χ3v) is 3.19. The van der Waals surface area contributed by atoms with Crippen LogP contribution in [-0.2, 0) is 17.7 Å². The van der Waals surface area contributed by atoms with Gasteiger partial charge in [0.15, 0.2) is 5.15 Å². The Balaban J connectivity index is 2.70. The third-order valence-electron chi connectivity index (χ3n) is 2.89. The van der Waals surface area contributed by atoms with Crippen molar-refractivity contribution in [2.24, 2.45) is 5.73 Å². The van der Waals surface area contributed by atoms with Gasteiger partial charge in [-0.3, -0.25) is 0 Å². The van der Waals surface area contributed by atoms with Gasteiger partial charge < -0.3 is 10.5 Å². The molecule has 100 valence electrons. The lowest BCUT2D eigenvalue weighted by Gasteiger charge is -2.09. The van der Waals surface area contributed by atoms with Crippen molar-refractivity contribution in [3.63, 3.8) is 0 Å². The zero-order valence-electron chi connectivity index (χ0n) is 10.7. The lowest BCUT2D eigenvalue weighted by molar-refractivity contribution is 0.0599. The molecule has 0 atom stereocenters. The van der Waals surface area contributed by atoms with Gasteiger partial charge in [0.2, 0.25) is 0 Å². The van der Waals surface area contributed by atoms with Gasteiger partial charge >= 0.3 is 5.97 Å². The minimum Gasteiger partial charge on any atom is -0.465 e. The first-order chi connectivity index (χ1) is 9.10. The van der Waals surface area contributed by atoms with E-state index in [4.69, 9.17) is 22.1 Å². The van der Waals surface area contributed by atoms with Crippen LogP contribution in [0.5, 0.6) is 0 Å². The van der Waals surface area contributed by atoms with Gasteiger partial charge in [0.25, 0.3) is 0 Å². The van der Waals surface area contributed by atoms with Crippen LogP contribution in [0.1, 0.15) is 28.5 Å². The van der Waals surface area contributed by atoms with Crippen LogP contribution < -0.4 is 5.73 Å². The molecule has 19 heavy (non-hydrogen) atoms. The number of nitrogens with zero attached hydrogens (tertiary/aromatic N) is 2. The largest absolute Gasteiger partial charge is 0.465 e. The number of nitrogens with two attached hydrogens (primary N) is 1. The summed E-state index contributed by atoms with van der Waals surface area (Å²) in [6, 6.07) is 3.48. The normalized spacial score (nSPS) is 10.7. The van der Waals surface area contributed by atoms with E-state index in [1.165, 1.54) is 7.11 Å². The van der Waals surface area contributed by atoms with E-state index >= 15 is 0 Å². The van der Waals surface area contributed by atoms with Crippen molar-refractivity contribution in [2.45, 2.75) is 19.9 Å². The monoisotopic (exact) mass is 279 g/mol. The van der Waals surface area contributed by atoms with Crippen LogP contribution in [-0.4, -0.2) is 23.0 Å². The van der Waals surface area contributed by atoms with Crippen LogP contribution >= 0.6 is 11.6 Å². The molecule has 0 radical (unpaired) electrons. The van der Waals surface area contributed by atoms with Crippen molar-refractivity contribution in [2.75, 3.05) is 7.11 Å². The molecule has 0 aliphatic heterocycles. The predicted octanol–water partition coefficient (Wildman–Crippen LogP) is 2.09. The van der Waals surface area contributed by atoms with E-state index in [1.54, 1.807) is 6.07 Å². The molecule has 0 saturated carbocycles. The summed E-state index contributed by atoms with van der Waals surface area (Å²) in [5.74, 6) is -0.389. The number of carbonyl (C=O) groups is 1. The minimum atomic E-state index is -0.389. The van der Waals surface area contributed by atoms with E-state index in [9.17, 15) is 4.79 Å². The standard InChI is InChI=1S/C13H14ClN3O2/c1-3-7-4-9-10(5-8(7)13(18)19-2)17-12(14)11(6-15)16-9/h4-5H,3,6,15H2,1-2H3. The highest BCUT2D eigenvalue weighted by molar-refractivity contribution is 6.30. The first-order valence-corrected chi connectivity index (χ1v) is 6.26. The fraction of sp³-hybridized carbons (Fsp3) is 0.308. The molecule has 0 aliphatic carbocycles. The van der Waals surface area contributed by atoms with E-state index in [0.29, 0.717) is 28.7 Å². The zero-order valence-corrected chi connectivity index (χ0v) is 11.5. The highest BCUT2D eigenvalue weighted by atomic mass is 35.5. The SMILES string of the molecule is CCc1cc2nc(CN)c(Cl)nc2cc1C(=O)OC. The number of hydrogen-bond acceptors (Lipinski definition) is 5. The van der Waals surface area contributed by atoms with Crippen molar-refractivity contribution >= 4 is 28.6 Å². The van der Waals surface area contributed by atoms with Crippen molar-refractivity contribution in [1.29, 1.82) is 0 Å². The smallest absolute Gasteiger partial charge is 0.338 e. The highest BCUT2D eigenvalue weighted by Gasteiger charge is 2.14. The quantitative estimate of drug-likeness (QED) is 0.871. The molecule has 0 fully saturated rings. The van der Waals surface area contributed by atoms with E-state index in [-0.39, 0.29) is 17.7 Å². The van der Waals surface area contributed by atoms with E-state index in [2.05, 4.69) is 9.97 Å². The number of aryl methyl sites for hydroxylation is 1. The molecule has 1 aromatic heterocycles. The molecule has 0 bridgehead atoms. The van der Waals surface area contributed by atoms with Gasteiger partial charge in [0.05, 0.1) is 29.4 Å². The summed E-state index contributed by atoms with van der Waals surface area (Å²) in [6.45, 7) is 2.18. The fourth-order valence-electron chi connectivity index (χ4n) is 1.88. The molecule has 2 aromatic rings. The summed E-state index contributed by atoms with van der Waals surface area (Å²) in [5.41, 5.74) is 8.67. The van der Waals surface area contributed by atoms with E-state index in [0.717, 1.165) is 5.56 Å². The Labute approximate surface area is 115 Å². The number of carbonyl (C=O) groups excluding carboxylic acids is 1. The Hall–Kier alpha value is -1.72. The van der Waals surface area contributed by atoms with Crippen LogP contribution in [0, 0.1) is 0 Å². The minimum absolute atomic E-state index is 0.224. The average molecular weight is 280 g/mol. The molecular formula is C13H14ClN3O2. The van der Waals surface area contributed by atoms with Gasteiger partial charge in [-0.1, -0.05) is 18.5 Å². The Bertz CT molecular complexity index is 643. The van der Waals surface area contributed by atoms with Crippen LogP contribution in [0.15, 0.2) is 12.1 Å². The molecule has 0 unspecified atom stereocenters. The number of halogens is 1. The first kappa shape index (κ1) is 13.7. The van der Waals surface area contributed by atoms with Crippen LogP contribution in [0.3, 0.4) is 0 Å². The molecule has 2 N–H and O–H groups in total. The number of ether oxygens (including phenoxy) is 1. The molecule has 0 spiro atoms. The van der Waals surface area contributed by atoms with Crippen molar-refractivity contribution in [1.82, 2.24) is 9.97 Å². The zero-order chi connectivity index (χ0) is 14.0. The maximum atomic E-state index is 11.7. The summed E-state index contributed by atoms with van der Waals surface area (Å²) in [7, 11) is 1.35. The maximum absolute atomic E-state index is 11.7. The molecule has 0 amide bonds. The van der Waals surface area contributed by atoms with E-state index in [1.807, 2.05) is 13.0 Å². The maximum Gasteiger partial charge on any atom is 0.338 e. The predicted molar refractivity (Wildman–Crippen MR) is 73.2 cm³/mol. The molecule has 2 rings (SSSR count). The van der Waals surface area contributed by atoms with Gasteiger partial charge in [0.1, 0.15) is 0 Å². The number of methoxy groups -OCH3 is 1. The number of fused-ring (bicyclic) bond motifs is 1. The second kappa shape index (κ2) is 5.50. The van der Waals surface area contributed by atoms with Crippen LogP contribution in [0.25, 0.3) is 11.0 Å². The summed E-state index contributed by atoms with van der Waals surface area (Å²) in [4.78, 5) is 20.3. The van der Waals surface area contributed by atoms with Gasteiger partial charge in [0, 0.05) is 6.54 Å². The summed E-state index contributed by atoms with van der Waals surface area (Å²) >= 11 is 5.97. The topological polar surface area (TPSA) is 78.1 Å². The van der Waals surface area contributed by atoms with Gasteiger partial charge in [-0.25, -0.2) is 14.8 Å². The van der Waals surface area contributed by atoms with Crippen LogP contribution in [0.2, 0.25) is 5.15 Å². The number of benzene rings is 1. The molecular weight excluding hydrogens is 266 g/mol. The molecule has 5 nitrogen and oxygen atoms in total. The fourth-order valence-corrected chi connectivity index (χ4v) is 2.09. The van der Waals surface area contributed by atoms with Crippen LogP contribution in [0.4, 0.5) is 0 Å². The number of rotatable bonds is 3. The van der Waals surface area contributed by atoms with Crippen molar-refractivity contribution in [3.05, 3.63) is 34.1 Å². The Kier molecular flexibility index (Phi) is 3.97. The Morgan fingerprint density at radius 3 is 2.63 bits per heavy atom. The molecule has 1 heterocycles.